The first-order valence-corrected chi connectivity index (χ1v) is 15.8. The molecule has 0 unspecified atom stereocenters. The van der Waals surface area contributed by atoms with Gasteiger partial charge in [-0.2, -0.15) is 22.7 Å². The predicted octanol–water partition coefficient (Wildman–Crippen LogP) is 3.51. The zero-order valence-corrected chi connectivity index (χ0v) is 26.7. The summed E-state index contributed by atoms with van der Waals surface area (Å²) in [6, 6.07) is 1.76. The van der Waals surface area contributed by atoms with E-state index in [1.807, 2.05) is 17.9 Å². The molecule has 0 spiro atoms. The molecule has 1 saturated heterocycles. The van der Waals surface area contributed by atoms with Crippen LogP contribution in [0.3, 0.4) is 0 Å². The second-order valence-corrected chi connectivity index (χ2v) is 12.4. The fraction of sp³-hybridized carbons (Fsp3) is 0.387. The Kier molecular flexibility index (Phi) is 8.26. The third-order valence-corrected chi connectivity index (χ3v) is 9.26. The van der Waals surface area contributed by atoms with Gasteiger partial charge in [-0.3, -0.25) is 19.0 Å². The molecule has 49 heavy (non-hydrogen) atoms. The fourth-order valence-electron chi connectivity index (χ4n) is 6.52. The van der Waals surface area contributed by atoms with E-state index in [1.165, 1.54) is 15.7 Å². The molecule has 3 aromatic heterocycles. The van der Waals surface area contributed by atoms with Crippen molar-refractivity contribution in [1.29, 1.82) is 0 Å². The molecule has 3 aliphatic heterocycles. The zero-order chi connectivity index (χ0) is 34.6. The number of benzene rings is 1. The maximum Gasteiger partial charge on any atom is 0.416 e. The number of fused-ring (bicyclic) bond motifs is 3. The van der Waals surface area contributed by atoms with Gasteiger partial charge in [0.05, 0.1) is 41.4 Å². The van der Waals surface area contributed by atoms with Gasteiger partial charge in [-0.15, -0.1) is 5.10 Å². The Bertz CT molecular complexity index is 2070. The third-order valence-electron chi connectivity index (χ3n) is 8.94. The van der Waals surface area contributed by atoms with Crippen LogP contribution in [0.5, 0.6) is 5.75 Å². The molecule has 0 aliphatic carbocycles. The van der Waals surface area contributed by atoms with Gasteiger partial charge in [-0.1, -0.05) is 24.6 Å². The number of alkyl halides is 3. The number of aromatic hydroxyl groups is 1. The number of hydrogen-bond donors (Lipinski definition) is 2. The number of halogens is 4. The number of amides is 2. The standard InChI is InChI=1S/C31H29ClF3N9O5/c1-16-12-21(27(46)38-20-3-2-18(13-19(20)32)31(33,34)35)43-24(16)25(29(48)44-30(43)39-26(40-44)17-4-10-49-11-5-17)41-6-8-42(9-7-41)28(47)23-22(45)14-36-15-37-23/h2-4,13-16,21,45H,5-12H2,1H3,(H,38,46)/t16-,21-/m1/s1. The largest absolute Gasteiger partial charge is 0.504 e. The first kappa shape index (κ1) is 32.5. The van der Waals surface area contributed by atoms with E-state index in [9.17, 15) is 32.7 Å². The average Bonchev–Trinajstić information content (AvgIpc) is 3.68. The molecule has 2 amide bonds. The number of ether oxygens (including phenoxy) is 1. The summed E-state index contributed by atoms with van der Waals surface area (Å²) >= 11 is 6.17. The van der Waals surface area contributed by atoms with Gasteiger partial charge in [0.25, 0.3) is 11.5 Å². The number of rotatable bonds is 5. The third kappa shape index (κ3) is 5.86. The number of piperazine rings is 1. The van der Waals surface area contributed by atoms with Crippen LogP contribution in [0.25, 0.3) is 11.4 Å². The van der Waals surface area contributed by atoms with Crippen LogP contribution in [0, 0.1) is 0 Å². The SMILES string of the molecule is C[C@@H]1C[C@H](C(=O)Nc2ccc(C(F)(F)F)cc2Cl)n2c1c(N1CCN(C(=O)c3ncncc3O)CC1)c(=O)n1nc(C3=CCOCC3)nc21. The Hall–Kier alpha value is -5.03. The summed E-state index contributed by atoms with van der Waals surface area (Å²) in [7, 11) is 0. The number of carbonyl (C=O) groups is 2. The Morgan fingerprint density at radius 1 is 1.16 bits per heavy atom. The minimum atomic E-state index is -4.61. The van der Waals surface area contributed by atoms with Crippen LogP contribution in [0.4, 0.5) is 24.5 Å². The van der Waals surface area contributed by atoms with Gasteiger partial charge in [0.1, 0.15) is 18.1 Å². The van der Waals surface area contributed by atoms with Crippen molar-refractivity contribution in [3.05, 3.63) is 75.0 Å². The molecular formula is C31H29ClF3N9O5. The van der Waals surface area contributed by atoms with E-state index in [-0.39, 0.29) is 66.4 Å². The van der Waals surface area contributed by atoms with Gasteiger partial charge in [0, 0.05) is 32.1 Å². The lowest BCUT2D eigenvalue weighted by atomic mass is 10.0. The normalized spacial score (nSPS) is 19.6. The van der Waals surface area contributed by atoms with Crippen molar-refractivity contribution in [3.8, 4) is 5.75 Å². The lowest BCUT2D eigenvalue weighted by Gasteiger charge is -2.36. The number of nitrogens with one attached hydrogen (secondary N) is 1. The highest BCUT2D eigenvalue weighted by Gasteiger charge is 2.41. The Morgan fingerprint density at radius 3 is 2.61 bits per heavy atom. The molecule has 0 radical (unpaired) electrons. The number of nitrogens with zero attached hydrogens (tertiary/aromatic N) is 8. The maximum absolute atomic E-state index is 14.3. The number of aromatic nitrogens is 6. The van der Waals surface area contributed by atoms with Gasteiger partial charge in [0.15, 0.2) is 17.3 Å². The molecule has 18 heteroatoms. The van der Waals surface area contributed by atoms with Gasteiger partial charge < -0.3 is 25.0 Å². The quantitative estimate of drug-likeness (QED) is 0.316. The van der Waals surface area contributed by atoms with Crippen molar-refractivity contribution in [2.24, 2.45) is 0 Å². The number of hydrogen-bond acceptors (Lipinski definition) is 10. The summed E-state index contributed by atoms with van der Waals surface area (Å²) in [5.74, 6) is -1.24. The van der Waals surface area contributed by atoms with Crippen molar-refractivity contribution in [1.82, 2.24) is 34.0 Å². The molecular weight excluding hydrogens is 671 g/mol. The van der Waals surface area contributed by atoms with E-state index in [1.54, 1.807) is 4.57 Å². The summed E-state index contributed by atoms with van der Waals surface area (Å²) in [6.07, 6.45) is 0.306. The summed E-state index contributed by atoms with van der Waals surface area (Å²) in [6.45, 7) is 3.60. The van der Waals surface area contributed by atoms with Gasteiger partial charge in [-0.05, 0) is 36.6 Å². The summed E-state index contributed by atoms with van der Waals surface area (Å²) < 4.78 is 48.0. The second kappa shape index (κ2) is 12.5. The molecule has 1 aromatic carbocycles. The lowest BCUT2D eigenvalue weighted by Crippen LogP contribution is -2.51. The van der Waals surface area contributed by atoms with E-state index in [0.29, 0.717) is 36.8 Å². The molecule has 256 valence electrons. The van der Waals surface area contributed by atoms with Gasteiger partial charge in [0.2, 0.25) is 11.7 Å². The molecule has 2 atom stereocenters. The molecule has 6 heterocycles. The Balaban J connectivity index is 1.26. The first-order chi connectivity index (χ1) is 23.4. The monoisotopic (exact) mass is 699 g/mol. The molecule has 0 bridgehead atoms. The minimum Gasteiger partial charge on any atom is -0.504 e. The van der Waals surface area contributed by atoms with Crippen molar-refractivity contribution >= 4 is 46.1 Å². The smallest absolute Gasteiger partial charge is 0.416 e. The number of anilines is 2. The minimum absolute atomic E-state index is 0.00286. The van der Waals surface area contributed by atoms with E-state index in [0.717, 1.165) is 30.0 Å². The average molecular weight is 700 g/mol. The summed E-state index contributed by atoms with van der Waals surface area (Å²) in [5, 5.41) is 17.0. The van der Waals surface area contributed by atoms with Crippen LogP contribution in [0.2, 0.25) is 5.02 Å². The first-order valence-electron chi connectivity index (χ1n) is 15.5. The van der Waals surface area contributed by atoms with E-state index < -0.39 is 35.2 Å². The highest BCUT2D eigenvalue weighted by atomic mass is 35.5. The maximum atomic E-state index is 14.3. The second-order valence-electron chi connectivity index (χ2n) is 12.0. The van der Waals surface area contributed by atoms with E-state index in [2.05, 4.69) is 20.4 Å². The highest BCUT2D eigenvalue weighted by Crippen LogP contribution is 2.42. The van der Waals surface area contributed by atoms with Gasteiger partial charge >= 0.3 is 6.18 Å². The summed E-state index contributed by atoms with van der Waals surface area (Å²) in [5.41, 5.74) is 0.116. The van der Waals surface area contributed by atoms with E-state index >= 15 is 0 Å². The van der Waals surface area contributed by atoms with Crippen LogP contribution >= 0.6 is 11.6 Å². The van der Waals surface area contributed by atoms with Crippen LogP contribution in [0.1, 0.15) is 59.3 Å². The molecule has 2 N–H and O–H groups in total. The molecule has 0 saturated carbocycles. The predicted molar refractivity (Wildman–Crippen MR) is 170 cm³/mol. The van der Waals surface area contributed by atoms with Crippen LogP contribution in [-0.2, 0) is 15.7 Å². The van der Waals surface area contributed by atoms with Gasteiger partial charge in [-0.25, -0.2) is 9.97 Å². The van der Waals surface area contributed by atoms with E-state index in [4.69, 9.17) is 21.3 Å². The Labute approximate surface area is 280 Å². The van der Waals surface area contributed by atoms with Crippen molar-refractivity contribution in [2.45, 2.75) is 37.9 Å². The molecule has 3 aliphatic rings. The topological polar surface area (TPSA) is 160 Å². The molecule has 1 fully saturated rings. The molecule has 7 rings (SSSR count). The molecule has 4 aromatic rings. The zero-order valence-electron chi connectivity index (χ0n) is 25.9. The molecule has 14 nitrogen and oxygen atoms in total. The fourth-order valence-corrected chi connectivity index (χ4v) is 6.75. The van der Waals surface area contributed by atoms with Crippen molar-refractivity contribution in [3.63, 3.8) is 0 Å². The Morgan fingerprint density at radius 2 is 1.94 bits per heavy atom. The number of carbonyl (C=O) groups excluding carboxylic acids is 2. The van der Waals surface area contributed by atoms with Crippen molar-refractivity contribution in [2.75, 3.05) is 49.6 Å². The van der Waals surface area contributed by atoms with Crippen LogP contribution < -0.4 is 15.8 Å². The summed E-state index contributed by atoms with van der Waals surface area (Å²) in [4.78, 5) is 57.0. The highest BCUT2D eigenvalue weighted by molar-refractivity contribution is 6.33. The lowest BCUT2D eigenvalue weighted by molar-refractivity contribution is -0.137. The van der Waals surface area contributed by atoms with Crippen LogP contribution in [-0.4, -0.2) is 90.3 Å². The van der Waals surface area contributed by atoms with Crippen LogP contribution in [0.15, 0.2) is 41.6 Å². The van der Waals surface area contributed by atoms with Crippen molar-refractivity contribution < 1.29 is 32.6 Å².